The molecule has 1 N–H and O–H groups in total. The van der Waals surface area contributed by atoms with Crippen molar-refractivity contribution in [2.45, 2.75) is 11.4 Å². The van der Waals surface area contributed by atoms with Gasteiger partial charge in [0.1, 0.15) is 22.1 Å². The van der Waals surface area contributed by atoms with Crippen LogP contribution in [0.2, 0.25) is 5.02 Å². The van der Waals surface area contributed by atoms with Crippen LogP contribution in [0, 0.1) is 0 Å². The molecule has 180 valence electrons. The molecular formula is C24H25ClN2O6S. The highest BCUT2D eigenvalue weighted by molar-refractivity contribution is 7.89. The Kier molecular flexibility index (Phi) is 8.38. The molecule has 0 saturated heterocycles. The minimum absolute atomic E-state index is 0.0357. The van der Waals surface area contributed by atoms with Gasteiger partial charge in [0.2, 0.25) is 15.9 Å². The van der Waals surface area contributed by atoms with Gasteiger partial charge in [-0.25, -0.2) is 8.42 Å². The SMILES string of the molecule is COc1ccc(NC(=O)CN(Cc2ccccc2)S(=O)(=O)c2cc(Cl)ccc2OC)c(OC)c1. The van der Waals surface area contributed by atoms with Crippen molar-refractivity contribution >= 4 is 33.2 Å². The molecule has 0 spiro atoms. The summed E-state index contributed by atoms with van der Waals surface area (Å²) in [6, 6.07) is 18.2. The standard InChI is InChI=1S/C24H25ClN2O6S/c1-31-19-10-11-20(22(14-19)33-3)26-24(28)16-27(15-17-7-5-4-6-8-17)34(29,30)23-13-18(25)9-12-21(23)32-2/h4-14H,15-16H2,1-3H3,(H,26,28). The van der Waals surface area contributed by atoms with Gasteiger partial charge in [-0.15, -0.1) is 0 Å². The number of hydrogen-bond acceptors (Lipinski definition) is 6. The van der Waals surface area contributed by atoms with Gasteiger partial charge in [0.25, 0.3) is 0 Å². The first-order valence-corrected chi connectivity index (χ1v) is 12.0. The maximum Gasteiger partial charge on any atom is 0.247 e. The molecule has 0 aliphatic heterocycles. The van der Waals surface area contributed by atoms with E-state index < -0.39 is 22.5 Å². The largest absolute Gasteiger partial charge is 0.497 e. The van der Waals surface area contributed by atoms with Gasteiger partial charge in [0.15, 0.2) is 0 Å². The highest BCUT2D eigenvalue weighted by Gasteiger charge is 2.30. The Balaban J connectivity index is 1.94. The molecule has 0 unspecified atom stereocenters. The third-order valence-corrected chi connectivity index (χ3v) is 7.00. The maximum atomic E-state index is 13.6. The van der Waals surface area contributed by atoms with Gasteiger partial charge in [-0.3, -0.25) is 4.79 Å². The van der Waals surface area contributed by atoms with Gasteiger partial charge in [-0.1, -0.05) is 41.9 Å². The van der Waals surface area contributed by atoms with E-state index in [0.29, 0.717) is 22.7 Å². The Morgan fingerprint density at radius 2 is 1.62 bits per heavy atom. The number of rotatable bonds is 10. The highest BCUT2D eigenvalue weighted by atomic mass is 35.5. The quantitative estimate of drug-likeness (QED) is 0.445. The van der Waals surface area contributed by atoms with E-state index >= 15 is 0 Å². The second kappa shape index (κ2) is 11.2. The zero-order chi connectivity index (χ0) is 24.7. The van der Waals surface area contributed by atoms with Crippen molar-refractivity contribution < 1.29 is 27.4 Å². The molecule has 3 aromatic carbocycles. The molecular weight excluding hydrogens is 480 g/mol. The fraction of sp³-hybridized carbons (Fsp3) is 0.208. The minimum atomic E-state index is -4.17. The van der Waals surface area contributed by atoms with Gasteiger partial charge in [0, 0.05) is 17.6 Å². The molecule has 3 aromatic rings. The van der Waals surface area contributed by atoms with Crippen LogP contribution >= 0.6 is 11.6 Å². The number of hydrogen-bond donors (Lipinski definition) is 1. The lowest BCUT2D eigenvalue weighted by atomic mass is 10.2. The lowest BCUT2D eigenvalue weighted by Gasteiger charge is -2.23. The van der Waals surface area contributed by atoms with Crippen molar-refractivity contribution in [2.24, 2.45) is 0 Å². The molecule has 10 heteroatoms. The molecule has 0 heterocycles. The van der Waals surface area contributed by atoms with Crippen LogP contribution in [0.5, 0.6) is 17.2 Å². The Morgan fingerprint density at radius 3 is 2.26 bits per heavy atom. The summed E-state index contributed by atoms with van der Waals surface area (Å²) in [6.45, 7) is -0.492. The molecule has 0 aromatic heterocycles. The number of sulfonamides is 1. The van der Waals surface area contributed by atoms with Gasteiger partial charge in [0.05, 0.1) is 33.6 Å². The molecule has 8 nitrogen and oxygen atoms in total. The summed E-state index contributed by atoms with van der Waals surface area (Å²) in [4.78, 5) is 12.8. The monoisotopic (exact) mass is 504 g/mol. The van der Waals surface area contributed by atoms with E-state index in [9.17, 15) is 13.2 Å². The number of carbonyl (C=O) groups is 1. The summed E-state index contributed by atoms with van der Waals surface area (Å²) in [5, 5.41) is 2.94. The van der Waals surface area contributed by atoms with Crippen LogP contribution in [0.3, 0.4) is 0 Å². The number of nitrogens with zero attached hydrogens (tertiary/aromatic N) is 1. The predicted molar refractivity (Wildman–Crippen MR) is 130 cm³/mol. The Labute approximate surface area is 204 Å². The van der Waals surface area contributed by atoms with Crippen LogP contribution in [-0.2, 0) is 21.4 Å². The smallest absolute Gasteiger partial charge is 0.247 e. The van der Waals surface area contributed by atoms with Crippen molar-refractivity contribution in [3.63, 3.8) is 0 Å². The first-order chi connectivity index (χ1) is 16.3. The van der Waals surface area contributed by atoms with Crippen LogP contribution in [0.15, 0.2) is 71.6 Å². The van der Waals surface area contributed by atoms with E-state index in [2.05, 4.69) is 5.32 Å². The molecule has 34 heavy (non-hydrogen) atoms. The summed E-state index contributed by atoms with van der Waals surface area (Å²) < 4.78 is 44.1. The number of methoxy groups -OCH3 is 3. The number of nitrogens with one attached hydrogen (secondary N) is 1. The van der Waals surface area contributed by atoms with Crippen LogP contribution in [0.4, 0.5) is 5.69 Å². The number of ether oxygens (including phenoxy) is 3. The highest BCUT2D eigenvalue weighted by Crippen LogP contribution is 2.31. The number of anilines is 1. The Morgan fingerprint density at radius 1 is 0.912 bits per heavy atom. The topological polar surface area (TPSA) is 94.2 Å². The third kappa shape index (κ3) is 5.99. The number of carbonyl (C=O) groups excluding carboxylic acids is 1. The first-order valence-electron chi connectivity index (χ1n) is 10.2. The van der Waals surface area contributed by atoms with E-state index in [1.54, 1.807) is 42.5 Å². The second-order valence-corrected chi connectivity index (χ2v) is 9.51. The lowest BCUT2D eigenvalue weighted by molar-refractivity contribution is -0.116. The maximum absolute atomic E-state index is 13.6. The Bertz CT molecular complexity index is 1250. The van der Waals surface area contributed by atoms with Crippen molar-refractivity contribution in [2.75, 3.05) is 33.2 Å². The van der Waals surface area contributed by atoms with Gasteiger partial charge in [-0.2, -0.15) is 4.31 Å². The van der Waals surface area contributed by atoms with Crippen LogP contribution in [0.25, 0.3) is 0 Å². The summed E-state index contributed by atoms with van der Waals surface area (Å²) in [6.07, 6.45) is 0. The molecule has 0 aliphatic rings. The van der Waals surface area contributed by atoms with E-state index in [0.717, 1.165) is 4.31 Å². The number of halogens is 1. The van der Waals surface area contributed by atoms with Gasteiger partial charge in [-0.05, 0) is 35.9 Å². The summed E-state index contributed by atoms with van der Waals surface area (Å²) in [7, 11) is 0.179. The summed E-state index contributed by atoms with van der Waals surface area (Å²) in [5.74, 6) is 0.501. The molecule has 0 fully saturated rings. The van der Waals surface area contributed by atoms with Crippen molar-refractivity contribution in [3.05, 3.63) is 77.3 Å². The first kappa shape index (κ1) is 25.4. The molecule has 0 saturated carbocycles. The van der Waals surface area contributed by atoms with Crippen molar-refractivity contribution in [3.8, 4) is 17.2 Å². The summed E-state index contributed by atoms with van der Waals surface area (Å²) in [5.41, 5.74) is 1.09. The normalized spacial score (nSPS) is 11.2. The fourth-order valence-electron chi connectivity index (χ4n) is 3.26. The number of benzene rings is 3. The van der Waals surface area contributed by atoms with Crippen LogP contribution in [0.1, 0.15) is 5.56 Å². The van der Waals surface area contributed by atoms with Gasteiger partial charge >= 0.3 is 0 Å². The zero-order valence-electron chi connectivity index (χ0n) is 18.9. The Hall–Kier alpha value is -3.27. The molecule has 0 atom stereocenters. The molecule has 0 bridgehead atoms. The lowest BCUT2D eigenvalue weighted by Crippen LogP contribution is -2.37. The van der Waals surface area contributed by atoms with E-state index in [1.165, 1.54) is 39.5 Å². The fourth-order valence-corrected chi connectivity index (χ4v) is 5.06. The zero-order valence-corrected chi connectivity index (χ0v) is 20.5. The second-order valence-electron chi connectivity index (χ2n) is 7.17. The van der Waals surface area contributed by atoms with E-state index in [-0.39, 0.29) is 22.2 Å². The van der Waals surface area contributed by atoms with E-state index in [1.807, 2.05) is 6.07 Å². The van der Waals surface area contributed by atoms with E-state index in [4.69, 9.17) is 25.8 Å². The average Bonchev–Trinajstić information content (AvgIpc) is 2.84. The van der Waals surface area contributed by atoms with Crippen molar-refractivity contribution in [1.29, 1.82) is 0 Å². The number of amides is 1. The molecule has 3 rings (SSSR count). The van der Waals surface area contributed by atoms with Crippen LogP contribution in [-0.4, -0.2) is 46.5 Å². The van der Waals surface area contributed by atoms with Gasteiger partial charge < -0.3 is 19.5 Å². The molecule has 1 amide bonds. The predicted octanol–water partition coefficient (Wildman–Crippen LogP) is 4.20. The molecule has 0 radical (unpaired) electrons. The van der Waals surface area contributed by atoms with Crippen LogP contribution < -0.4 is 19.5 Å². The summed E-state index contributed by atoms with van der Waals surface area (Å²) >= 11 is 6.07. The average molecular weight is 505 g/mol. The minimum Gasteiger partial charge on any atom is -0.497 e. The van der Waals surface area contributed by atoms with Crippen molar-refractivity contribution in [1.82, 2.24) is 4.31 Å². The third-order valence-electron chi connectivity index (χ3n) is 4.95. The molecule has 0 aliphatic carbocycles.